The van der Waals surface area contributed by atoms with Crippen molar-refractivity contribution in [2.45, 2.75) is 6.92 Å². The molecule has 0 bridgehead atoms. The van der Waals surface area contributed by atoms with E-state index in [9.17, 15) is 4.79 Å². The van der Waals surface area contributed by atoms with Crippen LogP contribution in [0.25, 0.3) is 16.7 Å². The molecule has 130 valence electrons. The molecule has 4 aromatic rings. The Morgan fingerprint density at radius 2 is 1.96 bits per heavy atom. The van der Waals surface area contributed by atoms with E-state index in [1.54, 1.807) is 11.6 Å². The fourth-order valence-corrected chi connectivity index (χ4v) is 3.00. The number of aromatic nitrogens is 4. The third kappa shape index (κ3) is 3.40. The average Bonchev–Trinajstić information content (AvgIpc) is 3.29. The van der Waals surface area contributed by atoms with Crippen molar-refractivity contribution < 1.29 is 9.53 Å². The maximum absolute atomic E-state index is 12.0. The van der Waals surface area contributed by atoms with Gasteiger partial charge in [0.15, 0.2) is 11.7 Å². The Balaban J connectivity index is 1.57. The molecule has 2 aromatic carbocycles. The van der Waals surface area contributed by atoms with Gasteiger partial charge < -0.3 is 4.74 Å². The van der Waals surface area contributed by atoms with E-state index >= 15 is 0 Å². The number of amides is 1. The molecule has 0 aliphatic heterocycles. The molecule has 8 heteroatoms. The van der Waals surface area contributed by atoms with Gasteiger partial charge in [-0.1, -0.05) is 18.2 Å². The highest BCUT2D eigenvalue weighted by Gasteiger charge is 2.13. The Hall–Kier alpha value is -3.26. The van der Waals surface area contributed by atoms with E-state index in [0.717, 1.165) is 16.6 Å². The van der Waals surface area contributed by atoms with Gasteiger partial charge in [-0.25, -0.2) is 4.98 Å². The van der Waals surface area contributed by atoms with Crippen molar-refractivity contribution in [3.05, 3.63) is 59.6 Å². The minimum atomic E-state index is -0.273. The number of nitrogens with zero attached hydrogens (tertiary/aromatic N) is 4. The number of carbonyl (C=O) groups is 1. The Morgan fingerprint density at radius 3 is 2.65 bits per heavy atom. The standard InChI is InChI=1S/C18H15N5O2S/c1-12-6-7-16(25-11-17(24)20-18-19-8-9-26-18)15(10-12)23-21-13-4-2-3-5-14(13)22-23/h2-10H,11H2,1H3,(H,19,20,24). The zero-order chi connectivity index (χ0) is 17.9. The minimum Gasteiger partial charge on any atom is -0.481 e. The van der Waals surface area contributed by atoms with Crippen LogP contribution in [0.5, 0.6) is 5.75 Å². The first-order valence-electron chi connectivity index (χ1n) is 7.94. The van der Waals surface area contributed by atoms with Gasteiger partial charge in [-0.05, 0) is 36.8 Å². The number of rotatable bonds is 5. The van der Waals surface area contributed by atoms with Crippen LogP contribution in [0.15, 0.2) is 54.0 Å². The van der Waals surface area contributed by atoms with Crippen LogP contribution in [0.2, 0.25) is 0 Å². The van der Waals surface area contributed by atoms with Crippen molar-refractivity contribution in [3.63, 3.8) is 0 Å². The summed E-state index contributed by atoms with van der Waals surface area (Å²) in [6.07, 6.45) is 1.63. The third-order valence-electron chi connectivity index (χ3n) is 3.65. The Bertz CT molecular complexity index is 1030. The molecule has 2 heterocycles. The molecule has 0 saturated carbocycles. The van der Waals surface area contributed by atoms with Gasteiger partial charge in [0.2, 0.25) is 0 Å². The molecule has 0 fully saturated rings. The normalized spacial score (nSPS) is 10.8. The number of aryl methyl sites for hydroxylation is 1. The van der Waals surface area contributed by atoms with E-state index < -0.39 is 0 Å². The second-order valence-electron chi connectivity index (χ2n) is 5.62. The van der Waals surface area contributed by atoms with Crippen LogP contribution >= 0.6 is 11.3 Å². The molecule has 0 radical (unpaired) electrons. The first kappa shape index (κ1) is 16.2. The zero-order valence-corrected chi connectivity index (χ0v) is 14.7. The quantitative estimate of drug-likeness (QED) is 0.587. The maximum atomic E-state index is 12.0. The van der Waals surface area contributed by atoms with Crippen molar-refractivity contribution >= 4 is 33.4 Å². The summed E-state index contributed by atoms with van der Waals surface area (Å²) in [5, 5.41) is 14.0. The molecular weight excluding hydrogens is 350 g/mol. The number of hydrogen-bond acceptors (Lipinski definition) is 6. The highest BCUT2D eigenvalue weighted by atomic mass is 32.1. The fourth-order valence-electron chi connectivity index (χ4n) is 2.46. The number of hydrogen-bond donors (Lipinski definition) is 1. The van der Waals surface area contributed by atoms with E-state index in [1.807, 2.05) is 49.4 Å². The summed E-state index contributed by atoms with van der Waals surface area (Å²) in [6.45, 7) is 1.85. The molecule has 1 amide bonds. The summed E-state index contributed by atoms with van der Waals surface area (Å²) in [5.41, 5.74) is 3.31. The Labute approximate surface area is 153 Å². The number of carbonyl (C=O) groups excluding carboxylic acids is 1. The number of nitrogens with one attached hydrogen (secondary N) is 1. The summed E-state index contributed by atoms with van der Waals surface area (Å²) in [5.74, 6) is 0.259. The van der Waals surface area contributed by atoms with Gasteiger partial charge in [0, 0.05) is 11.6 Å². The van der Waals surface area contributed by atoms with Gasteiger partial charge in [0.1, 0.15) is 22.5 Å². The molecule has 26 heavy (non-hydrogen) atoms. The molecule has 0 aliphatic carbocycles. The van der Waals surface area contributed by atoms with E-state index in [4.69, 9.17) is 4.74 Å². The molecule has 0 unspecified atom stereocenters. The van der Waals surface area contributed by atoms with E-state index in [0.29, 0.717) is 16.6 Å². The third-order valence-corrected chi connectivity index (χ3v) is 4.34. The molecule has 4 rings (SSSR count). The molecule has 7 nitrogen and oxygen atoms in total. The topological polar surface area (TPSA) is 81.9 Å². The summed E-state index contributed by atoms with van der Waals surface area (Å²) < 4.78 is 5.72. The van der Waals surface area contributed by atoms with Gasteiger partial charge in [-0.15, -0.1) is 26.3 Å². The fraction of sp³-hybridized carbons (Fsp3) is 0.111. The molecule has 2 aromatic heterocycles. The van der Waals surface area contributed by atoms with Gasteiger partial charge in [0.25, 0.3) is 5.91 Å². The second kappa shape index (κ2) is 6.93. The molecule has 0 aliphatic rings. The lowest BCUT2D eigenvalue weighted by molar-refractivity contribution is -0.118. The van der Waals surface area contributed by atoms with Crippen LogP contribution in [0.3, 0.4) is 0 Å². The lowest BCUT2D eigenvalue weighted by Crippen LogP contribution is -2.20. The van der Waals surface area contributed by atoms with Crippen LogP contribution < -0.4 is 10.1 Å². The van der Waals surface area contributed by atoms with Crippen molar-refractivity contribution in [2.24, 2.45) is 0 Å². The second-order valence-corrected chi connectivity index (χ2v) is 6.52. The van der Waals surface area contributed by atoms with Crippen molar-refractivity contribution in [1.29, 1.82) is 0 Å². The van der Waals surface area contributed by atoms with Crippen LogP contribution in [0.1, 0.15) is 5.56 Å². The van der Waals surface area contributed by atoms with Gasteiger partial charge >= 0.3 is 0 Å². The van der Waals surface area contributed by atoms with Crippen molar-refractivity contribution in [2.75, 3.05) is 11.9 Å². The number of benzene rings is 2. The lowest BCUT2D eigenvalue weighted by atomic mass is 10.2. The summed E-state index contributed by atoms with van der Waals surface area (Å²) >= 11 is 1.35. The number of anilines is 1. The van der Waals surface area contributed by atoms with Crippen molar-refractivity contribution in [3.8, 4) is 11.4 Å². The smallest absolute Gasteiger partial charge is 0.264 e. The van der Waals surface area contributed by atoms with Crippen LogP contribution in [0, 0.1) is 6.92 Å². The molecule has 0 atom stereocenters. The van der Waals surface area contributed by atoms with E-state index in [-0.39, 0.29) is 12.5 Å². The predicted octanol–water partition coefficient (Wildman–Crippen LogP) is 3.20. The average molecular weight is 365 g/mol. The molecule has 1 N–H and O–H groups in total. The summed E-state index contributed by atoms with van der Waals surface area (Å²) in [6, 6.07) is 13.3. The Morgan fingerprint density at radius 1 is 1.19 bits per heavy atom. The van der Waals surface area contributed by atoms with Crippen LogP contribution in [-0.2, 0) is 4.79 Å². The highest BCUT2D eigenvalue weighted by Crippen LogP contribution is 2.24. The first-order chi connectivity index (χ1) is 12.7. The lowest BCUT2D eigenvalue weighted by Gasteiger charge is -2.11. The van der Waals surface area contributed by atoms with Gasteiger partial charge in [0.05, 0.1) is 0 Å². The van der Waals surface area contributed by atoms with E-state index in [1.165, 1.54) is 16.1 Å². The Kier molecular flexibility index (Phi) is 4.32. The predicted molar refractivity (Wildman–Crippen MR) is 99.8 cm³/mol. The van der Waals surface area contributed by atoms with Crippen LogP contribution in [-0.4, -0.2) is 32.5 Å². The molecule has 0 spiro atoms. The van der Waals surface area contributed by atoms with Gasteiger partial charge in [-0.2, -0.15) is 0 Å². The van der Waals surface area contributed by atoms with Crippen molar-refractivity contribution in [1.82, 2.24) is 20.0 Å². The maximum Gasteiger partial charge on any atom is 0.264 e. The highest BCUT2D eigenvalue weighted by molar-refractivity contribution is 7.13. The van der Waals surface area contributed by atoms with E-state index in [2.05, 4.69) is 20.5 Å². The minimum absolute atomic E-state index is 0.129. The number of fused-ring (bicyclic) bond motifs is 1. The molecular formula is C18H15N5O2S. The summed E-state index contributed by atoms with van der Waals surface area (Å²) in [7, 11) is 0. The largest absolute Gasteiger partial charge is 0.481 e. The SMILES string of the molecule is Cc1ccc(OCC(=O)Nc2nccs2)c(-n2nc3ccccc3n2)c1. The number of thiazole rings is 1. The number of ether oxygens (including phenoxy) is 1. The van der Waals surface area contributed by atoms with Gasteiger partial charge in [-0.3, -0.25) is 10.1 Å². The zero-order valence-electron chi connectivity index (χ0n) is 13.9. The first-order valence-corrected chi connectivity index (χ1v) is 8.82. The molecule has 0 saturated heterocycles. The van der Waals surface area contributed by atoms with Crippen LogP contribution in [0.4, 0.5) is 5.13 Å². The monoisotopic (exact) mass is 365 g/mol. The summed E-state index contributed by atoms with van der Waals surface area (Å²) in [4.78, 5) is 17.6.